The topological polar surface area (TPSA) is 114 Å². The van der Waals surface area contributed by atoms with Crippen LogP contribution in [-0.2, 0) is 14.3 Å². The van der Waals surface area contributed by atoms with Crippen molar-refractivity contribution in [2.24, 2.45) is 28.6 Å². The molecule has 7 nitrogen and oxygen atoms in total. The lowest BCUT2D eigenvalue weighted by atomic mass is 9.42. The maximum absolute atomic E-state index is 12.5. The summed E-state index contributed by atoms with van der Waals surface area (Å²) in [7, 11) is 0. The summed E-state index contributed by atoms with van der Waals surface area (Å²) in [6.07, 6.45) is 4.24. The zero-order chi connectivity index (χ0) is 23.8. The van der Waals surface area contributed by atoms with Crippen molar-refractivity contribution in [1.29, 1.82) is 0 Å². The van der Waals surface area contributed by atoms with Gasteiger partial charge < -0.3 is 19.4 Å². The number of ketones is 1. The van der Waals surface area contributed by atoms with Crippen LogP contribution >= 0.6 is 0 Å². The van der Waals surface area contributed by atoms with Crippen LogP contribution in [0.5, 0.6) is 0 Å². The first-order chi connectivity index (χ1) is 15.5. The van der Waals surface area contributed by atoms with Crippen molar-refractivity contribution in [3.05, 3.63) is 34.4 Å². The van der Waals surface area contributed by atoms with Crippen LogP contribution in [0.1, 0.15) is 77.2 Å². The molecule has 1 aromatic rings. The molecule has 4 fully saturated rings. The maximum Gasteiger partial charge on any atom is 0.335 e. The Bertz CT molecular complexity index is 1010. The summed E-state index contributed by atoms with van der Waals surface area (Å²) in [5, 5.41) is 24.1. The monoisotopic (exact) mass is 458 g/mol. The molecule has 0 spiro atoms. The van der Waals surface area contributed by atoms with E-state index >= 15 is 0 Å². The molecule has 33 heavy (non-hydrogen) atoms. The first-order valence-corrected chi connectivity index (χ1v) is 12.2. The molecule has 5 rings (SSSR count). The van der Waals surface area contributed by atoms with Gasteiger partial charge in [-0.3, -0.25) is 9.59 Å². The fraction of sp³-hybridized carbons (Fsp3) is 0.731. The van der Waals surface area contributed by atoms with Gasteiger partial charge in [0.15, 0.2) is 0 Å². The molecule has 4 aliphatic carbocycles. The normalized spacial score (nSPS) is 46.8. The highest BCUT2D eigenvalue weighted by atomic mass is 16.5. The van der Waals surface area contributed by atoms with Gasteiger partial charge in [-0.05, 0) is 60.5 Å². The fourth-order valence-electron chi connectivity index (χ4n) is 8.45. The molecule has 0 aromatic carbocycles. The molecule has 0 radical (unpaired) electrons. The van der Waals surface area contributed by atoms with E-state index in [-0.39, 0.29) is 29.6 Å². The van der Waals surface area contributed by atoms with Crippen LogP contribution in [0.4, 0.5) is 0 Å². The minimum atomic E-state index is -1.26. The Morgan fingerprint density at radius 2 is 1.94 bits per heavy atom. The Hall–Kier alpha value is -1.99. The summed E-state index contributed by atoms with van der Waals surface area (Å²) in [5.74, 6) is -0.338. The van der Waals surface area contributed by atoms with Crippen LogP contribution in [0.2, 0.25) is 0 Å². The van der Waals surface area contributed by atoms with Gasteiger partial charge in [0.05, 0.1) is 18.0 Å². The average Bonchev–Trinajstić information content (AvgIpc) is 2.98. The van der Waals surface area contributed by atoms with Gasteiger partial charge in [0.25, 0.3) is 0 Å². The van der Waals surface area contributed by atoms with E-state index < -0.39 is 40.7 Å². The number of carbonyl (C=O) groups excluding carboxylic acids is 2. The molecule has 1 heterocycles. The Labute approximate surface area is 193 Å². The maximum atomic E-state index is 12.5. The summed E-state index contributed by atoms with van der Waals surface area (Å²) < 4.78 is 10.9. The Morgan fingerprint density at radius 1 is 1.18 bits per heavy atom. The molecule has 0 amide bonds. The lowest BCUT2D eigenvalue weighted by molar-refractivity contribution is -0.238. The molecule has 180 valence electrons. The summed E-state index contributed by atoms with van der Waals surface area (Å²) in [5.41, 5.74) is -2.19. The highest BCUT2D eigenvalue weighted by Gasteiger charge is 2.73. The van der Waals surface area contributed by atoms with Crippen LogP contribution in [-0.4, -0.2) is 39.8 Å². The van der Waals surface area contributed by atoms with Crippen LogP contribution < -0.4 is 5.63 Å². The van der Waals surface area contributed by atoms with E-state index in [1.54, 1.807) is 6.07 Å². The van der Waals surface area contributed by atoms with E-state index in [0.29, 0.717) is 30.6 Å². The van der Waals surface area contributed by atoms with Crippen LogP contribution in [0.15, 0.2) is 27.6 Å². The highest BCUT2D eigenvalue weighted by Crippen LogP contribution is 2.70. The summed E-state index contributed by atoms with van der Waals surface area (Å²) in [6.45, 7) is 5.48. The minimum Gasteiger partial charge on any atom is -0.462 e. The summed E-state index contributed by atoms with van der Waals surface area (Å²) >= 11 is 0. The second-order valence-electron chi connectivity index (χ2n) is 11.4. The van der Waals surface area contributed by atoms with Crippen molar-refractivity contribution in [3.8, 4) is 0 Å². The predicted octanol–water partition coefficient (Wildman–Crippen LogP) is 2.96. The number of carbonyl (C=O) groups is 2. The van der Waals surface area contributed by atoms with Gasteiger partial charge in [0.1, 0.15) is 11.9 Å². The zero-order valence-electron chi connectivity index (χ0n) is 19.6. The van der Waals surface area contributed by atoms with Gasteiger partial charge in [-0.25, -0.2) is 4.79 Å². The zero-order valence-corrected chi connectivity index (χ0v) is 19.6. The average molecular weight is 459 g/mol. The van der Waals surface area contributed by atoms with Crippen molar-refractivity contribution in [3.63, 3.8) is 0 Å². The first-order valence-electron chi connectivity index (χ1n) is 12.2. The standard InChI is InChI=1S/C26H34O7/c1-14(27)33-20-12-26(31)18-6-5-16-10-17(28)8-9-24(16,2)19(18)11-21(29)25(26,3)23(20)15-4-7-22(30)32-13-15/h4,7,13,16,18-21,23,29,31H,5-6,8-12H2,1-3H3/t16-,18-,19+,20+,21-,23+,24+,25-,26+/m1/s1. The number of hydrogen-bond acceptors (Lipinski definition) is 7. The van der Waals surface area contributed by atoms with E-state index in [4.69, 9.17) is 9.15 Å². The molecule has 0 unspecified atom stereocenters. The lowest BCUT2D eigenvalue weighted by Gasteiger charge is -2.64. The quantitative estimate of drug-likeness (QED) is 0.655. The van der Waals surface area contributed by atoms with Gasteiger partial charge in [-0.2, -0.15) is 0 Å². The third kappa shape index (κ3) is 3.11. The number of hydrogen-bond donors (Lipinski definition) is 2. The number of esters is 1. The molecule has 0 bridgehead atoms. The van der Waals surface area contributed by atoms with Gasteiger partial charge >= 0.3 is 11.6 Å². The van der Waals surface area contributed by atoms with Crippen molar-refractivity contribution in [1.82, 2.24) is 0 Å². The van der Waals surface area contributed by atoms with Crippen LogP contribution in [0.25, 0.3) is 0 Å². The van der Waals surface area contributed by atoms with E-state index in [1.807, 2.05) is 6.92 Å². The molecule has 7 heteroatoms. The molecular weight excluding hydrogens is 424 g/mol. The molecule has 0 saturated heterocycles. The Kier molecular flexibility index (Phi) is 5.18. The molecule has 9 atom stereocenters. The predicted molar refractivity (Wildman–Crippen MR) is 118 cm³/mol. The highest BCUT2D eigenvalue weighted by molar-refractivity contribution is 5.79. The van der Waals surface area contributed by atoms with E-state index in [1.165, 1.54) is 19.3 Å². The first kappa shape index (κ1) is 22.8. The number of rotatable bonds is 2. The summed E-state index contributed by atoms with van der Waals surface area (Å²) in [6, 6.07) is 2.97. The number of aliphatic hydroxyl groups excluding tert-OH is 1. The molecule has 0 aliphatic heterocycles. The molecular formula is C26H34O7. The number of aliphatic hydroxyl groups is 2. The second kappa shape index (κ2) is 7.51. The van der Waals surface area contributed by atoms with Crippen LogP contribution in [0.3, 0.4) is 0 Å². The van der Waals surface area contributed by atoms with Crippen LogP contribution in [0, 0.1) is 28.6 Å². The number of fused-ring (bicyclic) bond motifs is 5. The number of ether oxygens (including phenoxy) is 1. The van der Waals surface area contributed by atoms with E-state index in [9.17, 15) is 24.6 Å². The lowest BCUT2D eigenvalue weighted by Crippen LogP contribution is -2.66. The van der Waals surface area contributed by atoms with Gasteiger partial charge in [0.2, 0.25) is 0 Å². The third-order valence-corrected chi connectivity index (χ3v) is 10.2. The summed E-state index contributed by atoms with van der Waals surface area (Å²) in [4.78, 5) is 35.8. The van der Waals surface area contributed by atoms with E-state index in [2.05, 4.69) is 6.92 Å². The van der Waals surface area contributed by atoms with Gasteiger partial charge in [-0.1, -0.05) is 13.8 Å². The Balaban J connectivity index is 1.60. The van der Waals surface area contributed by atoms with Crippen molar-refractivity contribution in [2.75, 3.05) is 0 Å². The molecule has 4 saturated carbocycles. The largest absolute Gasteiger partial charge is 0.462 e. The SMILES string of the molecule is CC(=O)O[C@H]1C[C@]2(O)[C@@H]3CC[C@@H]4CC(=O)CC[C@]4(C)[C@H]3C[C@@H](O)[C@]2(C)[C@H]1c1ccc(=O)oc1. The number of Topliss-reactive ketones (excluding diaryl/α,β-unsaturated/α-hetero) is 1. The van der Waals surface area contributed by atoms with Crippen molar-refractivity contribution in [2.45, 2.75) is 89.4 Å². The smallest absolute Gasteiger partial charge is 0.335 e. The van der Waals surface area contributed by atoms with E-state index in [0.717, 1.165) is 19.3 Å². The van der Waals surface area contributed by atoms with Crippen molar-refractivity contribution < 1.29 is 29.0 Å². The molecule has 4 aliphatic rings. The molecule has 2 N–H and O–H groups in total. The third-order valence-electron chi connectivity index (χ3n) is 10.2. The Morgan fingerprint density at radius 3 is 2.61 bits per heavy atom. The fourth-order valence-corrected chi connectivity index (χ4v) is 8.45. The van der Waals surface area contributed by atoms with Gasteiger partial charge in [0, 0.05) is 43.6 Å². The molecule has 1 aromatic heterocycles. The van der Waals surface area contributed by atoms with Crippen molar-refractivity contribution >= 4 is 11.8 Å². The van der Waals surface area contributed by atoms with Gasteiger partial charge in [-0.15, -0.1) is 0 Å². The second-order valence-corrected chi connectivity index (χ2v) is 11.4. The minimum absolute atomic E-state index is 0.0702.